The quantitative estimate of drug-likeness (QED) is 0.821. The first-order valence-electron chi connectivity index (χ1n) is 5.39. The number of nitrogens with one attached hydrogen (secondary N) is 1. The minimum atomic E-state index is -0.855. The van der Waals surface area contributed by atoms with Gasteiger partial charge in [-0.3, -0.25) is 9.48 Å². The fourth-order valence-electron chi connectivity index (χ4n) is 1.80. The highest BCUT2D eigenvalue weighted by molar-refractivity contribution is 7.99. The summed E-state index contributed by atoms with van der Waals surface area (Å²) in [7, 11) is 1.89. The van der Waals surface area contributed by atoms with E-state index in [9.17, 15) is 4.79 Å². The van der Waals surface area contributed by atoms with Crippen LogP contribution in [-0.2, 0) is 11.8 Å². The minimum Gasteiger partial charge on any atom is -0.481 e. The summed E-state index contributed by atoms with van der Waals surface area (Å²) >= 11 is 1.17. The number of thioether (sulfide) groups is 1. The Balaban J connectivity index is 2.26. The molecule has 2 aromatic rings. The van der Waals surface area contributed by atoms with Gasteiger partial charge in [-0.1, -0.05) is 11.8 Å². The van der Waals surface area contributed by atoms with Gasteiger partial charge in [-0.2, -0.15) is 5.10 Å². The Hall–Kier alpha value is -1.76. The molecule has 0 aliphatic heterocycles. The normalized spacial score (nSPS) is 10.8. The van der Waals surface area contributed by atoms with Crippen molar-refractivity contribution in [1.29, 1.82) is 0 Å². The second-order valence-corrected chi connectivity index (χ2v) is 4.92. The maximum absolute atomic E-state index is 10.5. The largest absolute Gasteiger partial charge is 0.481 e. The van der Waals surface area contributed by atoms with Crippen LogP contribution in [-0.4, -0.2) is 36.6 Å². The number of carbonyl (C=O) groups is 1. The molecular formula is C11H14N4O2S. The van der Waals surface area contributed by atoms with Crippen molar-refractivity contribution in [2.45, 2.75) is 19.0 Å². The smallest absolute Gasteiger partial charge is 0.313 e. The van der Waals surface area contributed by atoms with E-state index < -0.39 is 5.97 Å². The van der Waals surface area contributed by atoms with Crippen molar-refractivity contribution in [3.63, 3.8) is 0 Å². The van der Waals surface area contributed by atoms with Crippen LogP contribution in [0.25, 0.3) is 11.3 Å². The van der Waals surface area contributed by atoms with Crippen LogP contribution in [0.5, 0.6) is 0 Å². The number of aryl methyl sites for hydroxylation is 2. The fourth-order valence-corrected chi connectivity index (χ4v) is 2.37. The Morgan fingerprint density at radius 1 is 1.56 bits per heavy atom. The van der Waals surface area contributed by atoms with Gasteiger partial charge < -0.3 is 10.1 Å². The molecule has 0 unspecified atom stereocenters. The van der Waals surface area contributed by atoms with Crippen LogP contribution in [0, 0.1) is 13.8 Å². The molecule has 0 aromatic carbocycles. The molecule has 0 amide bonds. The van der Waals surface area contributed by atoms with E-state index >= 15 is 0 Å². The van der Waals surface area contributed by atoms with Crippen LogP contribution in [0.2, 0.25) is 0 Å². The number of aliphatic carboxylic acids is 1. The molecule has 0 fully saturated rings. The predicted octanol–water partition coefficient (Wildman–Crippen LogP) is 1.60. The van der Waals surface area contributed by atoms with Gasteiger partial charge in [0.1, 0.15) is 0 Å². The van der Waals surface area contributed by atoms with Crippen molar-refractivity contribution in [3.8, 4) is 11.3 Å². The lowest BCUT2D eigenvalue weighted by Gasteiger charge is -1.98. The Bertz CT molecular complexity index is 588. The van der Waals surface area contributed by atoms with Gasteiger partial charge in [-0.25, -0.2) is 4.98 Å². The van der Waals surface area contributed by atoms with Gasteiger partial charge in [0, 0.05) is 18.3 Å². The number of H-pyrrole nitrogens is 1. The molecule has 0 spiro atoms. The van der Waals surface area contributed by atoms with Crippen LogP contribution < -0.4 is 0 Å². The zero-order valence-electron chi connectivity index (χ0n) is 10.4. The molecule has 0 aliphatic rings. The Morgan fingerprint density at radius 2 is 2.28 bits per heavy atom. The number of aromatic nitrogens is 4. The zero-order valence-corrected chi connectivity index (χ0v) is 11.2. The second kappa shape index (κ2) is 4.85. The van der Waals surface area contributed by atoms with Crippen LogP contribution in [0.1, 0.15) is 11.4 Å². The van der Waals surface area contributed by atoms with Gasteiger partial charge in [0.05, 0.1) is 23.3 Å². The number of hydrogen-bond donors (Lipinski definition) is 2. The van der Waals surface area contributed by atoms with Crippen molar-refractivity contribution < 1.29 is 9.90 Å². The van der Waals surface area contributed by atoms with E-state index in [1.165, 1.54) is 11.8 Å². The van der Waals surface area contributed by atoms with Crippen LogP contribution in [0.15, 0.2) is 11.4 Å². The summed E-state index contributed by atoms with van der Waals surface area (Å²) in [6, 6.07) is 0. The van der Waals surface area contributed by atoms with Gasteiger partial charge in [0.25, 0.3) is 0 Å². The Labute approximate surface area is 108 Å². The molecule has 0 radical (unpaired) electrons. The summed E-state index contributed by atoms with van der Waals surface area (Å²) in [5, 5.41) is 13.6. The molecule has 0 aliphatic carbocycles. The maximum atomic E-state index is 10.5. The number of imidazole rings is 1. The number of carboxylic acid groups (broad SMARTS) is 1. The standard InChI is InChI=1S/C11H14N4O2S/c1-6-10(7(2)15(3)14-6)8-4-12-11(13-8)18-5-9(16)17/h4H,5H2,1-3H3,(H,12,13)(H,16,17). The van der Waals surface area contributed by atoms with E-state index in [0.29, 0.717) is 5.16 Å². The number of carboxylic acids is 1. The van der Waals surface area contributed by atoms with Crippen LogP contribution in [0.3, 0.4) is 0 Å². The molecule has 0 saturated heterocycles. The number of aromatic amines is 1. The zero-order chi connectivity index (χ0) is 13.3. The molecule has 96 valence electrons. The monoisotopic (exact) mass is 266 g/mol. The lowest BCUT2D eigenvalue weighted by Crippen LogP contribution is -1.97. The Kier molecular flexibility index (Phi) is 3.42. The SMILES string of the molecule is Cc1nn(C)c(C)c1-c1cnc(SCC(=O)O)[nH]1. The van der Waals surface area contributed by atoms with Crippen molar-refractivity contribution >= 4 is 17.7 Å². The highest BCUT2D eigenvalue weighted by Gasteiger charge is 2.14. The predicted molar refractivity (Wildman–Crippen MR) is 68.6 cm³/mol. The summed E-state index contributed by atoms with van der Waals surface area (Å²) in [5.41, 5.74) is 3.86. The highest BCUT2D eigenvalue weighted by Crippen LogP contribution is 2.26. The molecule has 2 rings (SSSR count). The third-order valence-electron chi connectivity index (χ3n) is 2.66. The van der Waals surface area contributed by atoms with Crippen molar-refractivity contribution in [3.05, 3.63) is 17.6 Å². The van der Waals surface area contributed by atoms with Gasteiger partial charge in [-0.15, -0.1) is 0 Å². The van der Waals surface area contributed by atoms with Gasteiger partial charge in [-0.05, 0) is 13.8 Å². The number of hydrogen-bond acceptors (Lipinski definition) is 4. The van der Waals surface area contributed by atoms with E-state index in [0.717, 1.165) is 22.6 Å². The lowest BCUT2D eigenvalue weighted by molar-refractivity contribution is -0.133. The van der Waals surface area contributed by atoms with Crippen molar-refractivity contribution in [2.24, 2.45) is 7.05 Å². The van der Waals surface area contributed by atoms with Crippen molar-refractivity contribution in [1.82, 2.24) is 19.7 Å². The molecule has 2 N–H and O–H groups in total. The summed E-state index contributed by atoms with van der Waals surface area (Å²) in [4.78, 5) is 17.8. The molecular weight excluding hydrogens is 252 g/mol. The lowest BCUT2D eigenvalue weighted by atomic mass is 10.1. The number of nitrogens with zero attached hydrogens (tertiary/aromatic N) is 3. The molecule has 0 atom stereocenters. The van der Waals surface area contributed by atoms with Crippen molar-refractivity contribution in [2.75, 3.05) is 5.75 Å². The fraction of sp³-hybridized carbons (Fsp3) is 0.364. The molecule has 7 heteroatoms. The van der Waals surface area contributed by atoms with Gasteiger partial charge >= 0.3 is 5.97 Å². The summed E-state index contributed by atoms with van der Waals surface area (Å²) in [6.07, 6.45) is 1.71. The number of rotatable bonds is 4. The maximum Gasteiger partial charge on any atom is 0.313 e. The first-order chi connectivity index (χ1) is 8.49. The van der Waals surface area contributed by atoms with E-state index in [4.69, 9.17) is 5.11 Å². The van der Waals surface area contributed by atoms with Crippen LogP contribution >= 0.6 is 11.8 Å². The molecule has 0 bridgehead atoms. The summed E-state index contributed by atoms with van der Waals surface area (Å²) in [6.45, 7) is 3.92. The average Bonchev–Trinajstić information content (AvgIpc) is 2.83. The van der Waals surface area contributed by atoms with Gasteiger partial charge in [0.15, 0.2) is 5.16 Å². The molecule has 2 aromatic heterocycles. The average molecular weight is 266 g/mol. The summed E-state index contributed by atoms with van der Waals surface area (Å²) < 4.78 is 1.82. The first-order valence-corrected chi connectivity index (χ1v) is 6.37. The van der Waals surface area contributed by atoms with Gasteiger partial charge in [0.2, 0.25) is 0 Å². The molecule has 18 heavy (non-hydrogen) atoms. The molecule has 6 nitrogen and oxygen atoms in total. The third kappa shape index (κ3) is 2.40. The van der Waals surface area contributed by atoms with E-state index in [1.54, 1.807) is 6.20 Å². The molecule has 0 saturated carbocycles. The minimum absolute atomic E-state index is 0.00203. The summed E-state index contributed by atoms with van der Waals surface area (Å²) in [5.74, 6) is -0.857. The second-order valence-electron chi connectivity index (χ2n) is 3.95. The molecule has 2 heterocycles. The van der Waals surface area contributed by atoms with Crippen LogP contribution in [0.4, 0.5) is 0 Å². The highest BCUT2D eigenvalue weighted by atomic mass is 32.2. The Morgan fingerprint density at radius 3 is 2.83 bits per heavy atom. The van der Waals surface area contributed by atoms with E-state index in [2.05, 4.69) is 15.1 Å². The van der Waals surface area contributed by atoms with E-state index in [1.807, 2.05) is 25.6 Å². The topological polar surface area (TPSA) is 83.8 Å². The first kappa shape index (κ1) is 12.7. The van der Waals surface area contributed by atoms with E-state index in [-0.39, 0.29) is 5.75 Å². The third-order valence-corrected chi connectivity index (χ3v) is 3.54.